The van der Waals surface area contributed by atoms with Crippen LogP contribution in [0.15, 0.2) is 54.6 Å². The van der Waals surface area contributed by atoms with Crippen LogP contribution in [-0.4, -0.2) is 5.78 Å². The van der Waals surface area contributed by atoms with Gasteiger partial charge in [0, 0.05) is 17.4 Å². The van der Waals surface area contributed by atoms with Gasteiger partial charge < -0.3 is 0 Å². The number of hydrogen-bond donors (Lipinski definition) is 0. The Balaban J connectivity index is 1.62. The van der Waals surface area contributed by atoms with E-state index >= 15 is 4.39 Å². The van der Waals surface area contributed by atoms with E-state index < -0.39 is 40.3 Å². The van der Waals surface area contributed by atoms with Gasteiger partial charge in [-0.3, -0.25) is 4.79 Å². The average molecular weight is 465 g/mol. The molecule has 2 unspecified atom stereocenters. The number of halogens is 4. The van der Waals surface area contributed by atoms with Crippen molar-refractivity contribution in [2.24, 2.45) is 5.92 Å². The van der Waals surface area contributed by atoms with Gasteiger partial charge in [0.15, 0.2) is 17.4 Å². The quantitative estimate of drug-likeness (QED) is 0.219. The third kappa shape index (κ3) is 3.77. The SMILES string of the molecule is CCc1c(F)c(F)cc(C(=O)C2C=C(c3ccc(F)cc3)CC2c2cccc3c2CCC3)c1F. The molecule has 3 aromatic carbocycles. The molecule has 0 fully saturated rings. The smallest absolute Gasteiger partial charge is 0.173 e. The van der Waals surface area contributed by atoms with E-state index in [1.807, 2.05) is 12.1 Å². The minimum atomic E-state index is -1.25. The Morgan fingerprint density at radius 2 is 1.74 bits per heavy atom. The molecular formula is C29H24F4O. The van der Waals surface area contributed by atoms with E-state index in [9.17, 15) is 18.0 Å². The molecule has 2 aliphatic carbocycles. The van der Waals surface area contributed by atoms with Crippen LogP contribution in [0.5, 0.6) is 0 Å². The van der Waals surface area contributed by atoms with Crippen LogP contribution < -0.4 is 0 Å². The lowest BCUT2D eigenvalue weighted by atomic mass is 9.80. The van der Waals surface area contributed by atoms with E-state index in [0.29, 0.717) is 12.5 Å². The highest BCUT2D eigenvalue weighted by Crippen LogP contribution is 2.47. The molecule has 0 aliphatic heterocycles. The Morgan fingerprint density at radius 1 is 0.971 bits per heavy atom. The molecule has 0 heterocycles. The van der Waals surface area contributed by atoms with Crippen LogP contribution in [0.3, 0.4) is 0 Å². The first-order valence-electron chi connectivity index (χ1n) is 11.7. The molecule has 0 spiro atoms. The normalized spacial score (nSPS) is 19.3. The molecular weight excluding hydrogens is 440 g/mol. The Morgan fingerprint density at radius 3 is 2.47 bits per heavy atom. The van der Waals surface area contributed by atoms with Crippen molar-refractivity contribution in [2.45, 2.75) is 44.9 Å². The van der Waals surface area contributed by atoms with Crippen molar-refractivity contribution in [3.05, 3.63) is 111 Å². The predicted octanol–water partition coefficient (Wildman–Crippen LogP) is 7.36. The Labute approximate surface area is 196 Å². The fourth-order valence-electron chi connectivity index (χ4n) is 5.53. The minimum absolute atomic E-state index is 0.0628. The number of ketones is 1. The van der Waals surface area contributed by atoms with Gasteiger partial charge in [0.05, 0.1) is 5.56 Å². The zero-order chi connectivity index (χ0) is 24.0. The second kappa shape index (κ2) is 8.86. The third-order valence-electron chi connectivity index (χ3n) is 7.22. The molecule has 0 N–H and O–H groups in total. The fourth-order valence-corrected chi connectivity index (χ4v) is 5.53. The molecule has 0 radical (unpaired) electrons. The van der Waals surface area contributed by atoms with Crippen molar-refractivity contribution in [2.75, 3.05) is 0 Å². The highest BCUT2D eigenvalue weighted by atomic mass is 19.2. The minimum Gasteiger partial charge on any atom is -0.293 e. The van der Waals surface area contributed by atoms with Crippen molar-refractivity contribution in [3.8, 4) is 0 Å². The van der Waals surface area contributed by atoms with Crippen LogP contribution in [0.2, 0.25) is 0 Å². The summed E-state index contributed by atoms with van der Waals surface area (Å²) in [5.74, 6) is -5.39. The van der Waals surface area contributed by atoms with Gasteiger partial charge in [-0.15, -0.1) is 0 Å². The third-order valence-corrected chi connectivity index (χ3v) is 7.22. The Kier molecular flexibility index (Phi) is 5.88. The molecule has 174 valence electrons. The first-order chi connectivity index (χ1) is 16.4. The zero-order valence-electron chi connectivity index (χ0n) is 18.8. The first-order valence-corrected chi connectivity index (χ1v) is 11.7. The summed E-state index contributed by atoms with van der Waals surface area (Å²) in [6, 6.07) is 12.8. The summed E-state index contributed by atoms with van der Waals surface area (Å²) in [6.07, 6.45) is 5.17. The van der Waals surface area contributed by atoms with Gasteiger partial charge in [0.1, 0.15) is 11.6 Å². The molecule has 0 bridgehead atoms. The number of Topliss-reactive ketones (excluding diaryl/α,β-unsaturated/α-hetero) is 1. The van der Waals surface area contributed by atoms with Crippen LogP contribution in [0.4, 0.5) is 17.6 Å². The number of allylic oxidation sites excluding steroid dienone is 2. The average Bonchev–Trinajstić information content (AvgIpc) is 3.49. The number of rotatable bonds is 5. The van der Waals surface area contributed by atoms with Crippen LogP contribution in [0, 0.1) is 29.2 Å². The molecule has 1 nitrogen and oxygen atoms in total. The highest BCUT2D eigenvalue weighted by molar-refractivity contribution is 6.02. The van der Waals surface area contributed by atoms with Crippen molar-refractivity contribution in [3.63, 3.8) is 0 Å². The molecule has 5 rings (SSSR count). The summed E-state index contributed by atoms with van der Waals surface area (Å²) in [6.45, 7) is 1.52. The first kappa shape index (κ1) is 22.6. The zero-order valence-corrected chi connectivity index (χ0v) is 18.8. The van der Waals surface area contributed by atoms with Gasteiger partial charge in [-0.05, 0) is 78.1 Å². The Hall–Kier alpha value is -3.21. The van der Waals surface area contributed by atoms with E-state index in [2.05, 4.69) is 6.07 Å². The lowest BCUT2D eigenvalue weighted by molar-refractivity contribution is 0.0929. The number of hydrogen-bond acceptors (Lipinski definition) is 1. The Bertz CT molecular complexity index is 1310. The van der Waals surface area contributed by atoms with Crippen LogP contribution in [-0.2, 0) is 19.3 Å². The summed E-state index contributed by atoms with van der Waals surface area (Å²) in [5, 5.41) is 0. The van der Waals surface area contributed by atoms with Gasteiger partial charge in [0.2, 0.25) is 0 Å². The number of benzene rings is 3. The summed E-state index contributed by atoms with van der Waals surface area (Å²) in [5.41, 5.74) is 4.33. The molecule has 3 aromatic rings. The van der Waals surface area contributed by atoms with E-state index in [4.69, 9.17) is 0 Å². The second-order valence-corrected chi connectivity index (χ2v) is 9.10. The molecule has 34 heavy (non-hydrogen) atoms. The summed E-state index contributed by atoms with van der Waals surface area (Å²) in [4.78, 5) is 13.7. The molecule has 0 amide bonds. The summed E-state index contributed by atoms with van der Waals surface area (Å²) < 4.78 is 57.0. The molecule has 2 aliphatic rings. The largest absolute Gasteiger partial charge is 0.293 e. The van der Waals surface area contributed by atoms with Gasteiger partial charge in [-0.2, -0.15) is 0 Å². The summed E-state index contributed by atoms with van der Waals surface area (Å²) >= 11 is 0. The van der Waals surface area contributed by atoms with Gasteiger partial charge >= 0.3 is 0 Å². The monoisotopic (exact) mass is 464 g/mol. The number of carbonyl (C=O) groups excluding carboxylic acids is 1. The number of carbonyl (C=O) groups is 1. The van der Waals surface area contributed by atoms with Gasteiger partial charge in [-0.25, -0.2) is 17.6 Å². The van der Waals surface area contributed by atoms with Gasteiger partial charge in [-0.1, -0.05) is 43.3 Å². The van der Waals surface area contributed by atoms with E-state index in [-0.39, 0.29) is 18.2 Å². The van der Waals surface area contributed by atoms with Crippen molar-refractivity contribution < 1.29 is 22.4 Å². The lowest BCUT2D eigenvalue weighted by Gasteiger charge is -2.22. The van der Waals surface area contributed by atoms with E-state index in [0.717, 1.165) is 36.0 Å². The maximum Gasteiger partial charge on any atom is 0.173 e. The standard InChI is InChI=1S/C29H24F4O/c1-2-20-27(32)25(15-26(31)28(20)33)29(34)24-14-18(16-9-11-19(30)12-10-16)13-23(24)22-8-4-6-17-5-3-7-21(17)22/h4,6,8-12,14-15,23-24H,2-3,5,7,13H2,1H3. The molecule has 0 saturated carbocycles. The van der Waals surface area contributed by atoms with Crippen LogP contribution in [0.1, 0.15) is 63.9 Å². The van der Waals surface area contributed by atoms with Crippen molar-refractivity contribution in [1.29, 1.82) is 0 Å². The van der Waals surface area contributed by atoms with Crippen molar-refractivity contribution in [1.82, 2.24) is 0 Å². The van der Waals surface area contributed by atoms with Crippen molar-refractivity contribution >= 4 is 11.4 Å². The van der Waals surface area contributed by atoms with Gasteiger partial charge in [0.25, 0.3) is 0 Å². The lowest BCUT2D eigenvalue weighted by Crippen LogP contribution is -2.21. The van der Waals surface area contributed by atoms with Crippen LogP contribution in [0.25, 0.3) is 5.57 Å². The van der Waals surface area contributed by atoms with Crippen LogP contribution >= 0.6 is 0 Å². The summed E-state index contributed by atoms with van der Waals surface area (Å²) in [7, 11) is 0. The molecule has 5 heteroatoms. The molecule has 2 atom stereocenters. The highest BCUT2D eigenvalue weighted by Gasteiger charge is 2.38. The van der Waals surface area contributed by atoms with E-state index in [1.165, 1.54) is 30.2 Å². The maximum absolute atomic E-state index is 15.1. The predicted molar refractivity (Wildman–Crippen MR) is 124 cm³/mol. The van der Waals surface area contributed by atoms with E-state index in [1.54, 1.807) is 18.2 Å². The maximum atomic E-state index is 15.1. The topological polar surface area (TPSA) is 17.1 Å². The number of fused-ring (bicyclic) bond motifs is 1. The fraction of sp³-hybridized carbons (Fsp3) is 0.276. The number of aryl methyl sites for hydroxylation is 1. The molecule has 0 saturated heterocycles. The second-order valence-electron chi connectivity index (χ2n) is 9.10. The molecule has 0 aromatic heterocycles.